The lowest BCUT2D eigenvalue weighted by Gasteiger charge is -1.95. The second kappa shape index (κ2) is 6.60. The third kappa shape index (κ3) is 4.03. The fourth-order valence-corrected chi connectivity index (χ4v) is 1.40. The topological polar surface area (TPSA) is 42.0 Å². The van der Waals surface area contributed by atoms with E-state index in [0.29, 0.717) is 6.42 Å². The molecule has 4 heteroatoms. The van der Waals surface area contributed by atoms with E-state index in [1.807, 2.05) is 26.2 Å². The highest BCUT2D eigenvalue weighted by Gasteiger charge is 2.05. The van der Waals surface area contributed by atoms with Crippen LogP contribution in [0.5, 0.6) is 0 Å². The summed E-state index contributed by atoms with van der Waals surface area (Å²) < 4.78 is 4.08. The van der Waals surface area contributed by atoms with Crippen LogP contribution in [0, 0.1) is 6.92 Å². The second-order valence-corrected chi connectivity index (χ2v) is 2.92. The van der Waals surface area contributed by atoms with Gasteiger partial charge in [0.15, 0.2) is 0 Å². The molecule has 0 saturated heterocycles. The van der Waals surface area contributed by atoms with Crippen molar-refractivity contribution in [3.8, 4) is 0 Å². The Kier molecular flexibility index (Phi) is 6.14. The number of rotatable bonds is 2. The average Bonchev–Trinajstić information content (AvgIpc) is 2.55. The van der Waals surface area contributed by atoms with Gasteiger partial charge in [-0.25, -0.2) is 0 Å². The summed E-state index contributed by atoms with van der Waals surface area (Å²) in [6.07, 6.45) is 0.395. The largest absolute Gasteiger partial charge is 0.359 e. The van der Waals surface area contributed by atoms with Gasteiger partial charge in [-0.1, -0.05) is 13.8 Å². The molecule has 0 radical (unpaired) electrons. The first-order valence-electron chi connectivity index (χ1n) is 4.34. The number of hydrogen-bond donors (Lipinski definition) is 1. The first kappa shape index (κ1) is 12.1. The third-order valence-electron chi connectivity index (χ3n) is 1.45. The zero-order valence-electron chi connectivity index (χ0n) is 8.55. The Bertz CT molecular complexity index is 258. The Balaban J connectivity index is 0.000000671. The van der Waals surface area contributed by atoms with E-state index < -0.39 is 0 Å². The molecule has 1 heterocycles. The molecular formula is C9H16N2OS. The highest BCUT2D eigenvalue weighted by Crippen LogP contribution is 2.08. The van der Waals surface area contributed by atoms with E-state index in [1.165, 1.54) is 11.5 Å². The smallest absolute Gasteiger partial charge is 0.225 e. The first-order chi connectivity index (χ1) is 6.24. The first-order valence-corrected chi connectivity index (χ1v) is 5.18. The van der Waals surface area contributed by atoms with Crippen molar-refractivity contribution in [1.29, 1.82) is 0 Å². The maximum Gasteiger partial charge on any atom is 0.225 e. The number of nitrogens with one attached hydrogen (secondary N) is 1. The minimum Gasteiger partial charge on any atom is -0.359 e. The lowest BCUT2D eigenvalue weighted by Crippen LogP contribution is -2.20. The number of carbonyl (C=O) groups excluding carboxylic acids is 1. The normalized spacial score (nSPS) is 8.62. The van der Waals surface area contributed by atoms with E-state index in [2.05, 4.69) is 9.69 Å². The van der Waals surface area contributed by atoms with Crippen LogP contribution in [0.4, 0.5) is 0 Å². The molecule has 0 aliphatic heterocycles. The summed E-state index contributed by atoms with van der Waals surface area (Å²) in [5.41, 5.74) is 1.98. The van der Waals surface area contributed by atoms with Gasteiger partial charge < -0.3 is 5.32 Å². The molecule has 0 fully saturated rings. The van der Waals surface area contributed by atoms with E-state index in [9.17, 15) is 4.79 Å². The van der Waals surface area contributed by atoms with Gasteiger partial charge in [-0.05, 0) is 24.0 Å². The standard InChI is InChI=1S/C7H10N2OS.C2H6/c1-5-4-11-9-6(5)3-7(10)8-2;1-2/h4H,3H2,1-2H3,(H,8,10);1-2H3. The minimum atomic E-state index is 0.0130. The summed E-state index contributed by atoms with van der Waals surface area (Å²) in [5.74, 6) is 0.0130. The summed E-state index contributed by atoms with van der Waals surface area (Å²) >= 11 is 1.39. The van der Waals surface area contributed by atoms with E-state index in [4.69, 9.17) is 0 Å². The predicted molar refractivity (Wildman–Crippen MR) is 56.0 cm³/mol. The van der Waals surface area contributed by atoms with Gasteiger partial charge >= 0.3 is 0 Å². The quantitative estimate of drug-likeness (QED) is 0.790. The summed E-state index contributed by atoms with van der Waals surface area (Å²) in [6, 6.07) is 0. The molecule has 1 amide bonds. The van der Waals surface area contributed by atoms with Crippen LogP contribution >= 0.6 is 11.5 Å². The van der Waals surface area contributed by atoms with Gasteiger partial charge in [0.25, 0.3) is 0 Å². The maximum atomic E-state index is 10.9. The second-order valence-electron chi connectivity index (χ2n) is 2.29. The molecule has 1 N–H and O–H groups in total. The van der Waals surface area contributed by atoms with Crippen molar-refractivity contribution < 1.29 is 4.79 Å². The molecule has 1 rings (SSSR count). The van der Waals surface area contributed by atoms with Crippen molar-refractivity contribution in [2.24, 2.45) is 0 Å². The number of hydrogen-bond acceptors (Lipinski definition) is 3. The Hall–Kier alpha value is -0.900. The lowest BCUT2D eigenvalue weighted by molar-refractivity contribution is -0.120. The molecule has 0 unspecified atom stereocenters. The van der Waals surface area contributed by atoms with Crippen molar-refractivity contribution in [2.45, 2.75) is 27.2 Å². The van der Waals surface area contributed by atoms with Crippen molar-refractivity contribution in [3.63, 3.8) is 0 Å². The van der Waals surface area contributed by atoms with Crippen LogP contribution in [0.3, 0.4) is 0 Å². The zero-order chi connectivity index (χ0) is 10.3. The number of carbonyl (C=O) groups is 1. The maximum absolute atomic E-state index is 10.9. The highest BCUT2D eigenvalue weighted by molar-refractivity contribution is 7.03. The van der Waals surface area contributed by atoms with Gasteiger partial charge in [-0.15, -0.1) is 0 Å². The van der Waals surface area contributed by atoms with E-state index in [-0.39, 0.29) is 5.91 Å². The molecule has 0 aromatic carbocycles. The molecule has 1 aromatic heterocycles. The highest BCUT2D eigenvalue weighted by atomic mass is 32.1. The minimum absolute atomic E-state index is 0.0130. The van der Waals surface area contributed by atoms with Crippen molar-refractivity contribution in [2.75, 3.05) is 7.05 Å². The molecule has 1 aromatic rings. The molecule has 0 aliphatic rings. The van der Waals surface area contributed by atoms with Gasteiger partial charge in [-0.2, -0.15) is 4.37 Å². The molecule has 3 nitrogen and oxygen atoms in total. The summed E-state index contributed by atoms with van der Waals surface area (Å²) in [5, 5.41) is 4.50. The number of nitrogens with zero attached hydrogens (tertiary/aromatic N) is 1. The van der Waals surface area contributed by atoms with E-state index >= 15 is 0 Å². The number of aromatic nitrogens is 1. The van der Waals surface area contributed by atoms with Crippen LogP contribution in [-0.4, -0.2) is 17.3 Å². The SMILES string of the molecule is CC.CNC(=O)Cc1nscc1C. The average molecular weight is 200 g/mol. The fourth-order valence-electron chi connectivity index (χ4n) is 0.721. The molecular weight excluding hydrogens is 184 g/mol. The molecule has 0 aliphatic carbocycles. The van der Waals surface area contributed by atoms with Crippen LogP contribution in [0.2, 0.25) is 0 Å². The van der Waals surface area contributed by atoms with Crippen LogP contribution in [0.25, 0.3) is 0 Å². The monoisotopic (exact) mass is 200 g/mol. The molecule has 13 heavy (non-hydrogen) atoms. The van der Waals surface area contributed by atoms with Crippen molar-refractivity contribution in [3.05, 3.63) is 16.6 Å². The Morgan fingerprint density at radius 2 is 2.23 bits per heavy atom. The summed E-state index contributed by atoms with van der Waals surface area (Å²) in [6.45, 7) is 5.96. The van der Waals surface area contributed by atoms with E-state index in [1.54, 1.807) is 7.05 Å². The number of amides is 1. The van der Waals surface area contributed by atoms with E-state index in [0.717, 1.165) is 11.3 Å². The Morgan fingerprint density at radius 3 is 2.62 bits per heavy atom. The van der Waals surface area contributed by atoms with Crippen LogP contribution in [0.1, 0.15) is 25.1 Å². The van der Waals surface area contributed by atoms with Crippen LogP contribution in [0.15, 0.2) is 5.38 Å². The predicted octanol–water partition coefficient (Wildman–Crippen LogP) is 1.77. The fraction of sp³-hybridized carbons (Fsp3) is 0.556. The number of likely N-dealkylation sites (N-methyl/N-ethyl adjacent to an activating group) is 1. The summed E-state index contributed by atoms with van der Waals surface area (Å²) in [4.78, 5) is 10.9. The molecule has 0 atom stereocenters. The molecule has 74 valence electrons. The molecule has 0 spiro atoms. The lowest BCUT2D eigenvalue weighted by atomic mass is 10.2. The van der Waals surface area contributed by atoms with Crippen molar-refractivity contribution in [1.82, 2.24) is 9.69 Å². The van der Waals surface area contributed by atoms with Gasteiger partial charge in [-0.3, -0.25) is 4.79 Å². The van der Waals surface area contributed by atoms with Crippen LogP contribution in [-0.2, 0) is 11.2 Å². The number of aryl methyl sites for hydroxylation is 1. The Morgan fingerprint density at radius 1 is 1.62 bits per heavy atom. The molecule has 0 bridgehead atoms. The van der Waals surface area contributed by atoms with Crippen LogP contribution < -0.4 is 5.32 Å². The van der Waals surface area contributed by atoms with Crippen molar-refractivity contribution >= 4 is 17.4 Å². The summed E-state index contributed by atoms with van der Waals surface area (Å²) in [7, 11) is 1.63. The van der Waals surface area contributed by atoms with Gasteiger partial charge in [0.1, 0.15) is 0 Å². The van der Waals surface area contributed by atoms with Gasteiger partial charge in [0.05, 0.1) is 12.1 Å². The molecule has 0 saturated carbocycles. The third-order valence-corrected chi connectivity index (χ3v) is 2.24. The Labute approximate surface area is 83.3 Å². The van der Waals surface area contributed by atoms with Gasteiger partial charge in [0.2, 0.25) is 5.91 Å². The zero-order valence-corrected chi connectivity index (χ0v) is 9.36. The van der Waals surface area contributed by atoms with Gasteiger partial charge in [0, 0.05) is 12.4 Å².